The van der Waals surface area contributed by atoms with Crippen molar-refractivity contribution in [2.45, 2.75) is 25.4 Å². The van der Waals surface area contributed by atoms with Crippen LogP contribution in [0, 0.1) is 15.9 Å². The van der Waals surface area contributed by atoms with Gasteiger partial charge in [0.15, 0.2) is 5.75 Å². The Morgan fingerprint density at radius 2 is 1.93 bits per heavy atom. The van der Waals surface area contributed by atoms with Crippen LogP contribution in [0.5, 0.6) is 5.75 Å². The molecule has 1 heterocycles. The maximum absolute atomic E-state index is 12.9. The summed E-state index contributed by atoms with van der Waals surface area (Å²) in [5.41, 5.74) is 1.33. The van der Waals surface area contributed by atoms with Gasteiger partial charge in [-0.05, 0) is 48.7 Å². The molecule has 2 N–H and O–H groups in total. The number of anilines is 1. The first-order valence-corrected chi connectivity index (χ1v) is 9.31. The summed E-state index contributed by atoms with van der Waals surface area (Å²) in [7, 11) is 1.41. The van der Waals surface area contributed by atoms with E-state index in [-0.39, 0.29) is 29.3 Å². The van der Waals surface area contributed by atoms with Gasteiger partial charge in [0.05, 0.1) is 12.0 Å². The number of urea groups is 1. The zero-order valence-corrected chi connectivity index (χ0v) is 16.1. The molecule has 0 spiro atoms. The summed E-state index contributed by atoms with van der Waals surface area (Å²) in [4.78, 5) is 25.0. The number of nitro groups is 1. The molecule has 0 atom stereocenters. The van der Waals surface area contributed by atoms with Crippen molar-refractivity contribution in [2.75, 3.05) is 25.5 Å². The fourth-order valence-corrected chi connectivity index (χ4v) is 3.36. The Labute approximate surface area is 167 Å². The highest BCUT2D eigenvalue weighted by Gasteiger charge is 2.22. The molecular formula is C20H23FN4O4. The monoisotopic (exact) mass is 402 g/mol. The number of rotatable bonds is 6. The topological polar surface area (TPSA) is 96.7 Å². The highest BCUT2D eigenvalue weighted by atomic mass is 19.1. The summed E-state index contributed by atoms with van der Waals surface area (Å²) >= 11 is 0. The van der Waals surface area contributed by atoms with Gasteiger partial charge in [-0.25, -0.2) is 9.18 Å². The van der Waals surface area contributed by atoms with E-state index in [1.807, 2.05) is 6.07 Å². The summed E-state index contributed by atoms with van der Waals surface area (Å²) in [5, 5.41) is 16.8. The van der Waals surface area contributed by atoms with Gasteiger partial charge in [-0.2, -0.15) is 0 Å². The maximum atomic E-state index is 12.9. The Kier molecular flexibility index (Phi) is 6.61. The lowest BCUT2D eigenvalue weighted by Crippen LogP contribution is -2.45. The number of nitrogens with zero attached hydrogens (tertiary/aromatic N) is 2. The smallest absolute Gasteiger partial charge is 0.319 e. The number of likely N-dealkylation sites (tertiary alicyclic amines) is 1. The SMILES string of the molecule is COc1ccc(CN2CCC(NC(=O)Nc3ccc(F)cc3)CC2)cc1[N+](=O)[O-]. The molecule has 0 aromatic heterocycles. The van der Waals surface area contributed by atoms with Crippen LogP contribution in [0.2, 0.25) is 0 Å². The van der Waals surface area contributed by atoms with Crippen LogP contribution in [0.25, 0.3) is 0 Å². The number of nitrogens with one attached hydrogen (secondary N) is 2. The molecule has 1 saturated heterocycles. The van der Waals surface area contributed by atoms with Crippen LogP contribution in [0.15, 0.2) is 42.5 Å². The molecule has 0 aliphatic carbocycles. The molecule has 29 heavy (non-hydrogen) atoms. The summed E-state index contributed by atoms with van der Waals surface area (Å²) in [6, 6.07) is 10.3. The lowest BCUT2D eigenvalue weighted by molar-refractivity contribution is -0.385. The molecule has 1 aliphatic rings. The van der Waals surface area contributed by atoms with Crippen LogP contribution < -0.4 is 15.4 Å². The fraction of sp³-hybridized carbons (Fsp3) is 0.350. The number of benzene rings is 2. The van der Waals surface area contributed by atoms with Crippen molar-refractivity contribution < 1.29 is 18.8 Å². The van der Waals surface area contributed by atoms with Crippen LogP contribution in [0.4, 0.5) is 20.6 Å². The lowest BCUT2D eigenvalue weighted by atomic mass is 10.0. The van der Waals surface area contributed by atoms with Crippen LogP contribution in [0.3, 0.4) is 0 Å². The molecule has 2 aromatic carbocycles. The van der Waals surface area contributed by atoms with E-state index in [2.05, 4.69) is 15.5 Å². The predicted octanol–water partition coefficient (Wildman–Crippen LogP) is 3.53. The Morgan fingerprint density at radius 3 is 2.55 bits per heavy atom. The van der Waals surface area contributed by atoms with Crippen molar-refractivity contribution in [3.63, 3.8) is 0 Å². The third-order valence-electron chi connectivity index (χ3n) is 4.87. The minimum Gasteiger partial charge on any atom is -0.490 e. The van der Waals surface area contributed by atoms with Gasteiger partial charge in [0.25, 0.3) is 0 Å². The first-order valence-electron chi connectivity index (χ1n) is 9.31. The van der Waals surface area contributed by atoms with E-state index in [9.17, 15) is 19.3 Å². The number of amides is 2. The number of hydrogen-bond acceptors (Lipinski definition) is 5. The maximum Gasteiger partial charge on any atom is 0.319 e. The van der Waals surface area contributed by atoms with Gasteiger partial charge < -0.3 is 15.4 Å². The van der Waals surface area contributed by atoms with Crippen molar-refractivity contribution in [1.82, 2.24) is 10.2 Å². The van der Waals surface area contributed by atoms with Gasteiger partial charge in [-0.15, -0.1) is 0 Å². The lowest BCUT2D eigenvalue weighted by Gasteiger charge is -2.32. The summed E-state index contributed by atoms with van der Waals surface area (Å²) < 4.78 is 17.9. The molecule has 0 bridgehead atoms. The number of methoxy groups -OCH3 is 1. The van der Waals surface area contributed by atoms with Crippen molar-refractivity contribution in [3.05, 3.63) is 64.0 Å². The van der Waals surface area contributed by atoms with Crippen LogP contribution in [-0.2, 0) is 6.54 Å². The number of ether oxygens (including phenoxy) is 1. The molecule has 0 radical (unpaired) electrons. The molecule has 8 nitrogen and oxygen atoms in total. The quantitative estimate of drug-likeness (QED) is 0.569. The molecule has 154 valence electrons. The molecule has 9 heteroatoms. The minimum atomic E-state index is -0.446. The van der Waals surface area contributed by atoms with E-state index in [0.29, 0.717) is 12.2 Å². The fourth-order valence-electron chi connectivity index (χ4n) is 3.36. The molecule has 0 saturated carbocycles. The highest BCUT2D eigenvalue weighted by molar-refractivity contribution is 5.89. The number of piperidine rings is 1. The first-order chi connectivity index (χ1) is 13.9. The molecule has 1 aliphatic heterocycles. The number of carbonyl (C=O) groups excluding carboxylic acids is 1. The average Bonchev–Trinajstić information content (AvgIpc) is 2.71. The van der Waals surface area contributed by atoms with Gasteiger partial charge in [0.2, 0.25) is 0 Å². The molecule has 0 unspecified atom stereocenters. The van der Waals surface area contributed by atoms with Crippen molar-refractivity contribution in [2.24, 2.45) is 0 Å². The van der Waals surface area contributed by atoms with E-state index in [1.165, 1.54) is 31.4 Å². The van der Waals surface area contributed by atoms with Crippen molar-refractivity contribution in [1.29, 1.82) is 0 Å². The number of hydrogen-bond donors (Lipinski definition) is 2. The van der Waals surface area contributed by atoms with Crippen molar-refractivity contribution >= 4 is 17.4 Å². The molecule has 2 aromatic rings. The van der Waals surface area contributed by atoms with Crippen molar-refractivity contribution in [3.8, 4) is 5.75 Å². The number of carbonyl (C=O) groups is 1. The van der Waals surface area contributed by atoms with Crippen LogP contribution >= 0.6 is 0 Å². The van der Waals surface area contributed by atoms with Gasteiger partial charge >= 0.3 is 11.7 Å². The molecular weight excluding hydrogens is 379 g/mol. The standard InChI is InChI=1S/C20H23FN4O4/c1-29-19-7-2-14(12-18(19)25(27)28)13-24-10-8-17(9-11-24)23-20(26)22-16-5-3-15(21)4-6-16/h2-7,12,17H,8-11,13H2,1H3,(H2,22,23,26). The Hall–Kier alpha value is -3.20. The third-order valence-corrected chi connectivity index (χ3v) is 4.87. The second-order valence-corrected chi connectivity index (χ2v) is 6.92. The van der Waals surface area contributed by atoms with Crippen LogP contribution in [-0.4, -0.2) is 42.1 Å². The van der Waals surface area contributed by atoms with Gasteiger partial charge in [-0.1, -0.05) is 6.07 Å². The number of halogens is 1. The highest BCUT2D eigenvalue weighted by Crippen LogP contribution is 2.28. The van der Waals surface area contributed by atoms with E-state index >= 15 is 0 Å². The van der Waals surface area contributed by atoms with E-state index < -0.39 is 4.92 Å². The van der Waals surface area contributed by atoms with Gasteiger partial charge in [0.1, 0.15) is 5.82 Å². The Bertz CT molecular complexity index is 867. The number of nitro benzene ring substituents is 1. The zero-order valence-electron chi connectivity index (χ0n) is 16.1. The summed E-state index contributed by atoms with van der Waals surface area (Å²) in [6.07, 6.45) is 1.55. The first kappa shape index (κ1) is 20.5. The second-order valence-electron chi connectivity index (χ2n) is 6.92. The zero-order chi connectivity index (χ0) is 20.8. The minimum absolute atomic E-state index is 0.0388. The Morgan fingerprint density at radius 1 is 1.24 bits per heavy atom. The van der Waals surface area contributed by atoms with E-state index in [0.717, 1.165) is 31.5 Å². The molecule has 3 rings (SSSR count). The van der Waals surface area contributed by atoms with Gasteiger partial charge in [0, 0.05) is 37.4 Å². The normalized spacial score (nSPS) is 15.0. The summed E-state index contributed by atoms with van der Waals surface area (Å²) in [5.74, 6) is -0.112. The Balaban J connectivity index is 1.48. The summed E-state index contributed by atoms with van der Waals surface area (Å²) in [6.45, 7) is 2.13. The van der Waals surface area contributed by atoms with E-state index in [1.54, 1.807) is 12.1 Å². The largest absolute Gasteiger partial charge is 0.490 e. The molecule has 2 amide bonds. The van der Waals surface area contributed by atoms with Gasteiger partial charge in [-0.3, -0.25) is 15.0 Å². The molecule has 1 fully saturated rings. The van der Waals surface area contributed by atoms with E-state index in [4.69, 9.17) is 4.74 Å². The third kappa shape index (κ3) is 5.64. The average molecular weight is 402 g/mol. The second kappa shape index (κ2) is 9.33. The predicted molar refractivity (Wildman–Crippen MR) is 107 cm³/mol. The van der Waals surface area contributed by atoms with Crippen LogP contribution in [0.1, 0.15) is 18.4 Å².